The van der Waals surface area contributed by atoms with E-state index in [1.807, 2.05) is 18.5 Å². The predicted octanol–water partition coefficient (Wildman–Crippen LogP) is 3.08. The molecule has 0 bridgehead atoms. The molecule has 0 aliphatic carbocycles. The molecule has 3 heterocycles. The van der Waals surface area contributed by atoms with Crippen LogP contribution in [-0.2, 0) is 11.0 Å². The highest BCUT2D eigenvalue weighted by atomic mass is 32.2. The number of anilines is 1. The number of rotatable bonds is 4. The largest absolute Gasteiger partial charge is 0.361 e. The second-order valence-corrected chi connectivity index (χ2v) is 7.63. The zero-order valence-corrected chi connectivity index (χ0v) is 15.1. The van der Waals surface area contributed by atoms with Crippen LogP contribution in [-0.4, -0.2) is 39.6 Å². The van der Waals surface area contributed by atoms with Crippen LogP contribution in [0.1, 0.15) is 12.8 Å². The third-order valence-corrected chi connectivity index (χ3v) is 5.46. The van der Waals surface area contributed by atoms with E-state index in [1.165, 1.54) is 10.9 Å². The lowest BCUT2D eigenvalue weighted by molar-refractivity contribution is 0.471. The number of aromatic nitrogens is 2. The van der Waals surface area contributed by atoms with Gasteiger partial charge < -0.3 is 9.88 Å². The Kier molecular flexibility index (Phi) is 4.55. The first-order valence-electron chi connectivity index (χ1n) is 8.58. The van der Waals surface area contributed by atoms with Crippen LogP contribution in [0.3, 0.4) is 0 Å². The molecule has 1 fully saturated rings. The fraction of sp³-hybridized carbons (Fsp3) is 0.316. The van der Waals surface area contributed by atoms with Crippen molar-refractivity contribution in [1.29, 1.82) is 0 Å². The third kappa shape index (κ3) is 3.45. The van der Waals surface area contributed by atoms with Gasteiger partial charge in [-0.15, -0.1) is 0 Å². The molecule has 1 saturated heterocycles. The number of fused-ring (bicyclic) bond motifs is 1. The van der Waals surface area contributed by atoms with E-state index in [0.717, 1.165) is 42.8 Å². The molecule has 0 saturated carbocycles. The first-order chi connectivity index (χ1) is 12.2. The van der Waals surface area contributed by atoms with Gasteiger partial charge in [0.05, 0.1) is 11.0 Å². The lowest BCUT2D eigenvalue weighted by Crippen LogP contribution is -2.43. The lowest BCUT2D eigenvalue weighted by Gasteiger charge is -2.32. The predicted molar refractivity (Wildman–Crippen MR) is 104 cm³/mol. The van der Waals surface area contributed by atoms with Crippen LogP contribution in [0.4, 0.5) is 5.82 Å². The van der Waals surface area contributed by atoms with E-state index in [2.05, 4.69) is 49.9 Å². The van der Waals surface area contributed by atoms with Crippen molar-refractivity contribution in [3.8, 4) is 11.1 Å². The number of hydrogen-bond acceptors (Lipinski definition) is 3. The van der Waals surface area contributed by atoms with Gasteiger partial charge in [-0.25, -0.2) is 13.9 Å². The fourth-order valence-electron chi connectivity index (χ4n) is 3.50. The molecule has 4 rings (SSSR count). The molecule has 0 radical (unpaired) electrons. The van der Waals surface area contributed by atoms with Gasteiger partial charge in [0, 0.05) is 59.8 Å². The number of H-pyrrole nitrogens is 1. The molecule has 5 nitrogen and oxygen atoms in total. The Morgan fingerprint density at radius 3 is 2.72 bits per heavy atom. The van der Waals surface area contributed by atoms with E-state index in [-0.39, 0.29) is 0 Å². The van der Waals surface area contributed by atoms with E-state index >= 15 is 0 Å². The summed E-state index contributed by atoms with van der Waals surface area (Å²) in [4.78, 5) is 10.3. The van der Waals surface area contributed by atoms with Crippen molar-refractivity contribution >= 4 is 27.7 Å². The number of nitrogens with zero attached hydrogens (tertiary/aromatic N) is 2. The lowest BCUT2D eigenvalue weighted by atomic mass is 10.1. The molecule has 1 aliphatic heterocycles. The zero-order valence-electron chi connectivity index (χ0n) is 14.2. The maximum absolute atomic E-state index is 11.3. The second-order valence-electron chi connectivity index (χ2n) is 6.49. The van der Waals surface area contributed by atoms with Crippen molar-refractivity contribution in [3.63, 3.8) is 0 Å². The molecule has 0 amide bonds. The number of aromatic amines is 1. The van der Waals surface area contributed by atoms with Crippen LogP contribution in [0.15, 0.2) is 48.8 Å². The van der Waals surface area contributed by atoms with E-state index in [9.17, 15) is 4.21 Å². The Morgan fingerprint density at radius 2 is 2.00 bits per heavy atom. The topological polar surface area (TPSA) is 61.0 Å². The van der Waals surface area contributed by atoms with Crippen LogP contribution < -0.4 is 9.62 Å². The number of hydrogen-bond donors (Lipinski definition) is 2. The van der Waals surface area contributed by atoms with Crippen LogP contribution in [0, 0.1) is 0 Å². The monoisotopic (exact) mass is 354 g/mol. The first-order valence-corrected chi connectivity index (χ1v) is 10.1. The van der Waals surface area contributed by atoms with Gasteiger partial charge in [0.15, 0.2) is 0 Å². The molecule has 6 heteroatoms. The van der Waals surface area contributed by atoms with Gasteiger partial charge in [0.2, 0.25) is 0 Å². The molecule has 1 unspecified atom stereocenters. The van der Waals surface area contributed by atoms with Gasteiger partial charge >= 0.3 is 0 Å². The summed E-state index contributed by atoms with van der Waals surface area (Å²) < 4.78 is 14.4. The summed E-state index contributed by atoms with van der Waals surface area (Å²) in [5.41, 5.74) is 3.45. The van der Waals surface area contributed by atoms with E-state index in [4.69, 9.17) is 0 Å². The summed E-state index contributed by atoms with van der Waals surface area (Å²) in [5.74, 6) is 1.01. The van der Waals surface area contributed by atoms with Crippen molar-refractivity contribution in [2.45, 2.75) is 18.9 Å². The highest BCUT2D eigenvalue weighted by Crippen LogP contribution is 2.29. The molecule has 2 N–H and O–H groups in total. The van der Waals surface area contributed by atoms with Crippen LogP contribution in [0.2, 0.25) is 0 Å². The normalized spacial score (nSPS) is 17.1. The highest BCUT2D eigenvalue weighted by molar-refractivity contribution is 7.82. The minimum atomic E-state index is -0.938. The Labute approximate surface area is 150 Å². The maximum atomic E-state index is 11.3. The number of pyridine rings is 1. The van der Waals surface area contributed by atoms with Gasteiger partial charge in [-0.05, 0) is 31.0 Å². The Morgan fingerprint density at radius 1 is 1.20 bits per heavy atom. The molecule has 130 valence electrons. The summed E-state index contributed by atoms with van der Waals surface area (Å²) in [5, 5.41) is 1.22. The van der Waals surface area contributed by atoms with Gasteiger partial charge in [0.1, 0.15) is 5.82 Å². The quantitative estimate of drug-likeness (QED) is 0.757. The van der Waals surface area contributed by atoms with Gasteiger partial charge in [-0.3, -0.25) is 0 Å². The van der Waals surface area contributed by atoms with Gasteiger partial charge in [0.25, 0.3) is 0 Å². The third-order valence-electron chi connectivity index (χ3n) is 4.80. The standard InChI is InChI=1S/C19H22N4OS/c1-25(24)22-15-8-10-23(11-9-15)19-7-6-14(12-21-19)17-13-20-18-5-3-2-4-16(17)18/h2-7,12-13,15,20,22H,8-11H2,1H3. The summed E-state index contributed by atoms with van der Waals surface area (Å²) in [6.45, 7) is 1.88. The number of para-hydroxylation sites is 1. The minimum absolute atomic E-state index is 0.340. The molecule has 1 aliphatic rings. The number of benzene rings is 1. The van der Waals surface area contributed by atoms with E-state index in [0.29, 0.717) is 6.04 Å². The van der Waals surface area contributed by atoms with Crippen LogP contribution in [0.5, 0.6) is 0 Å². The maximum Gasteiger partial charge on any atom is 0.128 e. The molecule has 25 heavy (non-hydrogen) atoms. The van der Waals surface area contributed by atoms with E-state index < -0.39 is 11.0 Å². The summed E-state index contributed by atoms with van der Waals surface area (Å²) in [7, 11) is -0.938. The molecule has 2 aromatic heterocycles. The van der Waals surface area contributed by atoms with Crippen molar-refractivity contribution in [3.05, 3.63) is 48.8 Å². The fourth-order valence-corrected chi connectivity index (χ4v) is 4.21. The SMILES string of the molecule is CS(=O)NC1CCN(c2ccc(-c3c[nH]c4ccccc34)cn2)CC1. The summed E-state index contributed by atoms with van der Waals surface area (Å²) >= 11 is 0. The van der Waals surface area contributed by atoms with Crippen molar-refractivity contribution in [1.82, 2.24) is 14.7 Å². The average Bonchev–Trinajstić information content (AvgIpc) is 3.06. The second kappa shape index (κ2) is 6.98. The molecular weight excluding hydrogens is 332 g/mol. The summed E-state index contributed by atoms with van der Waals surface area (Å²) in [6.07, 6.45) is 7.67. The molecule has 0 spiro atoms. The van der Waals surface area contributed by atoms with Gasteiger partial charge in [-0.2, -0.15) is 0 Å². The zero-order chi connectivity index (χ0) is 17.2. The first kappa shape index (κ1) is 16.3. The van der Waals surface area contributed by atoms with Crippen molar-refractivity contribution in [2.24, 2.45) is 0 Å². The Balaban J connectivity index is 1.48. The summed E-state index contributed by atoms with van der Waals surface area (Å²) in [6, 6.07) is 12.9. The molecule has 3 aromatic rings. The number of piperidine rings is 1. The molecule has 1 aromatic carbocycles. The smallest absolute Gasteiger partial charge is 0.128 e. The molecule has 1 atom stereocenters. The van der Waals surface area contributed by atoms with Gasteiger partial charge in [-0.1, -0.05) is 18.2 Å². The van der Waals surface area contributed by atoms with Crippen LogP contribution in [0.25, 0.3) is 22.0 Å². The molecular formula is C19H22N4OS. The average molecular weight is 354 g/mol. The van der Waals surface area contributed by atoms with Crippen molar-refractivity contribution < 1.29 is 4.21 Å². The Bertz CT molecular complexity index is 882. The van der Waals surface area contributed by atoms with E-state index in [1.54, 1.807) is 6.26 Å². The highest BCUT2D eigenvalue weighted by Gasteiger charge is 2.20. The minimum Gasteiger partial charge on any atom is -0.361 e. The van der Waals surface area contributed by atoms with Crippen molar-refractivity contribution in [2.75, 3.05) is 24.2 Å². The van der Waals surface area contributed by atoms with Crippen LogP contribution >= 0.6 is 0 Å². The Hall–Kier alpha value is -2.18. The number of nitrogens with one attached hydrogen (secondary N) is 2.